The molecule has 3 atom stereocenters. The quantitative estimate of drug-likeness (QED) is 0.635. The molecule has 4 rings (SSSR count). The Hall–Kier alpha value is -3.02. The van der Waals surface area contributed by atoms with Gasteiger partial charge in [-0.3, -0.25) is 4.79 Å². The number of hydrogen-bond donors (Lipinski definition) is 0. The summed E-state index contributed by atoms with van der Waals surface area (Å²) in [5.74, 6) is 1.95. The van der Waals surface area contributed by atoms with E-state index in [9.17, 15) is 4.79 Å². The van der Waals surface area contributed by atoms with E-state index < -0.39 is 0 Å². The van der Waals surface area contributed by atoms with Gasteiger partial charge >= 0.3 is 0 Å². The van der Waals surface area contributed by atoms with Gasteiger partial charge in [-0.25, -0.2) is 4.52 Å². The van der Waals surface area contributed by atoms with Crippen LogP contribution in [0.5, 0.6) is 11.5 Å². The van der Waals surface area contributed by atoms with E-state index in [1.165, 1.54) is 0 Å². The molecule has 3 aromatic rings. The number of carbonyl (C=O) groups excluding carboxylic acids is 1. The highest BCUT2D eigenvalue weighted by atomic mass is 16.5. The van der Waals surface area contributed by atoms with Crippen molar-refractivity contribution in [2.24, 2.45) is 5.92 Å². The van der Waals surface area contributed by atoms with Crippen molar-refractivity contribution in [2.45, 2.75) is 39.3 Å². The lowest BCUT2D eigenvalue weighted by Crippen LogP contribution is -2.31. The Balaban J connectivity index is 1.47. The second-order valence-electron chi connectivity index (χ2n) is 7.83. The van der Waals surface area contributed by atoms with Gasteiger partial charge in [0.05, 0.1) is 19.3 Å². The predicted molar refractivity (Wildman–Crippen MR) is 111 cm³/mol. The summed E-state index contributed by atoms with van der Waals surface area (Å²) in [6.07, 6.45) is 4.17. The molecular formula is C23H27N3O3. The van der Waals surface area contributed by atoms with Crippen LogP contribution >= 0.6 is 0 Å². The van der Waals surface area contributed by atoms with Gasteiger partial charge in [-0.15, -0.1) is 0 Å². The molecule has 0 N–H and O–H groups in total. The number of aryl methyl sites for hydroxylation is 1. The zero-order valence-electron chi connectivity index (χ0n) is 17.3. The number of amides is 1. The molecule has 6 heteroatoms. The van der Waals surface area contributed by atoms with Crippen LogP contribution in [0.2, 0.25) is 0 Å². The first kappa shape index (κ1) is 19.3. The smallest absolute Gasteiger partial charge is 0.223 e. The number of fused-ring (bicyclic) bond motifs is 1. The molecular weight excluding hydrogens is 366 g/mol. The number of ether oxygens (including phenoxy) is 2. The number of methoxy groups -OCH3 is 1. The van der Waals surface area contributed by atoms with E-state index in [1.54, 1.807) is 13.3 Å². The normalized spacial score (nSPS) is 18.8. The minimum Gasteiger partial charge on any atom is -0.497 e. The number of benzene rings is 1. The largest absolute Gasteiger partial charge is 0.497 e. The molecule has 1 aliphatic heterocycles. The van der Waals surface area contributed by atoms with Gasteiger partial charge in [-0.05, 0) is 56.2 Å². The SMILES string of the molecule is COc1ccc([C@@H](C)N2C[C@H]([C@@H](C)Oc3cc(C)cn4nccc34)CC2=O)cc1. The second-order valence-corrected chi connectivity index (χ2v) is 7.83. The maximum Gasteiger partial charge on any atom is 0.223 e. The fourth-order valence-electron chi connectivity index (χ4n) is 4.03. The van der Waals surface area contributed by atoms with Gasteiger partial charge in [0.2, 0.25) is 5.91 Å². The number of rotatable bonds is 6. The third kappa shape index (κ3) is 3.79. The highest BCUT2D eigenvalue weighted by molar-refractivity contribution is 5.79. The third-order valence-electron chi connectivity index (χ3n) is 5.84. The number of carbonyl (C=O) groups is 1. The zero-order chi connectivity index (χ0) is 20.5. The Kier molecular flexibility index (Phi) is 5.18. The van der Waals surface area contributed by atoms with E-state index >= 15 is 0 Å². The van der Waals surface area contributed by atoms with E-state index in [4.69, 9.17) is 9.47 Å². The van der Waals surface area contributed by atoms with Crippen LogP contribution in [0.3, 0.4) is 0 Å². The molecule has 1 amide bonds. The molecule has 3 heterocycles. The van der Waals surface area contributed by atoms with Crippen LogP contribution in [-0.4, -0.2) is 40.2 Å². The van der Waals surface area contributed by atoms with Gasteiger partial charge in [-0.2, -0.15) is 5.10 Å². The highest BCUT2D eigenvalue weighted by Crippen LogP contribution is 2.33. The Morgan fingerprint density at radius 3 is 2.66 bits per heavy atom. The van der Waals surface area contributed by atoms with Crippen LogP contribution < -0.4 is 9.47 Å². The van der Waals surface area contributed by atoms with E-state index in [2.05, 4.69) is 18.9 Å². The van der Waals surface area contributed by atoms with Crippen molar-refractivity contribution in [3.8, 4) is 11.5 Å². The number of nitrogens with zero attached hydrogens (tertiary/aromatic N) is 3. The summed E-state index contributed by atoms with van der Waals surface area (Å²) in [5, 5.41) is 4.30. The van der Waals surface area contributed by atoms with Crippen LogP contribution in [0.25, 0.3) is 5.52 Å². The Morgan fingerprint density at radius 2 is 1.93 bits per heavy atom. The third-order valence-corrected chi connectivity index (χ3v) is 5.84. The van der Waals surface area contributed by atoms with E-state index in [0.717, 1.165) is 28.1 Å². The monoisotopic (exact) mass is 393 g/mol. The molecule has 0 spiro atoms. The van der Waals surface area contributed by atoms with Gasteiger partial charge < -0.3 is 14.4 Å². The first-order chi connectivity index (χ1) is 14.0. The minimum absolute atomic E-state index is 0.0195. The average molecular weight is 393 g/mol. The van der Waals surface area contributed by atoms with Gasteiger partial charge in [0, 0.05) is 25.1 Å². The molecule has 29 heavy (non-hydrogen) atoms. The molecule has 0 radical (unpaired) electrons. The first-order valence-corrected chi connectivity index (χ1v) is 10.0. The molecule has 1 aliphatic rings. The maximum atomic E-state index is 12.7. The molecule has 2 aromatic heterocycles. The summed E-state index contributed by atoms with van der Waals surface area (Å²) >= 11 is 0. The van der Waals surface area contributed by atoms with Crippen molar-refractivity contribution in [1.82, 2.24) is 14.5 Å². The topological polar surface area (TPSA) is 56.1 Å². The molecule has 0 bridgehead atoms. The van der Waals surface area contributed by atoms with Gasteiger partial charge in [0.1, 0.15) is 23.1 Å². The van der Waals surface area contributed by atoms with Gasteiger partial charge in [0.15, 0.2) is 0 Å². The fourth-order valence-corrected chi connectivity index (χ4v) is 4.03. The Bertz CT molecular complexity index is 1010. The lowest BCUT2D eigenvalue weighted by molar-refractivity contribution is -0.129. The number of aromatic nitrogens is 2. The molecule has 152 valence electrons. The minimum atomic E-state index is -0.0764. The maximum absolute atomic E-state index is 12.7. The van der Waals surface area contributed by atoms with Gasteiger partial charge in [-0.1, -0.05) is 12.1 Å². The molecule has 0 saturated carbocycles. The van der Waals surface area contributed by atoms with Crippen LogP contribution in [0.1, 0.15) is 37.4 Å². The summed E-state index contributed by atoms with van der Waals surface area (Å²) in [5.41, 5.74) is 3.13. The predicted octanol–water partition coefficient (Wildman–Crippen LogP) is 4.03. The molecule has 0 unspecified atom stereocenters. The number of pyridine rings is 1. The standard InChI is InChI=1S/C23H27N3O3/c1-15-11-22(21-9-10-24-26(21)13-15)29-17(3)19-12-23(27)25(14-19)16(2)18-5-7-20(28-4)8-6-18/h5-11,13,16-17,19H,12,14H2,1-4H3/t16-,17-,19-/m1/s1. The summed E-state index contributed by atoms with van der Waals surface area (Å²) in [6.45, 7) is 6.84. The summed E-state index contributed by atoms with van der Waals surface area (Å²) in [4.78, 5) is 14.7. The van der Waals surface area contributed by atoms with Crippen LogP contribution in [-0.2, 0) is 4.79 Å². The Morgan fingerprint density at radius 1 is 1.17 bits per heavy atom. The summed E-state index contributed by atoms with van der Waals surface area (Å²) in [7, 11) is 1.65. The van der Waals surface area contributed by atoms with Crippen molar-refractivity contribution < 1.29 is 14.3 Å². The number of likely N-dealkylation sites (tertiary alicyclic amines) is 1. The van der Waals surface area contributed by atoms with Crippen molar-refractivity contribution in [1.29, 1.82) is 0 Å². The second kappa shape index (κ2) is 7.78. The van der Waals surface area contributed by atoms with Crippen LogP contribution in [0.15, 0.2) is 48.8 Å². The van der Waals surface area contributed by atoms with Crippen molar-refractivity contribution in [3.05, 3.63) is 59.9 Å². The lowest BCUT2D eigenvalue weighted by atomic mass is 10.0. The Labute approximate surface area is 171 Å². The summed E-state index contributed by atoms with van der Waals surface area (Å²) < 4.78 is 13.4. The van der Waals surface area contributed by atoms with Crippen LogP contribution in [0.4, 0.5) is 0 Å². The van der Waals surface area contributed by atoms with E-state index in [0.29, 0.717) is 13.0 Å². The number of hydrogen-bond acceptors (Lipinski definition) is 4. The summed E-state index contributed by atoms with van der Waals surface area (Å²) in [6, 6.07) is 11.9. The van der Waals surface area contributed by atoms with Crippen molar-refractivity contribution >= 4 is 11.4 Å². The highest BCUT2D eigenvalue weighted by Gasteiger charge is 2.37. The zero-order valence-corrected chi connectivity index (χ0v) is 17.3. The van der Waals surface area contributed by atoms with E-state index in [1.807, 2.05) is 58.9 Å². The van der Waals surface area contributed by atoms with Crippen LogP contribution in [0, 0.1) is 12.8 Å². The first-order valence-electron chi connectivity index (χ1n) is 10.0. The average Bonchev–Trinajstić information content (AvgIpc) is 3.34. The molecule has 1 aromatic carbocycles. The molecule has 1 fully saturated rings. The van der Waals surface area contributed by atoms with E-state index in [-0.39, 0.29) is 24.0 Å². The van der Waals surface area contributed by atoms with Crippen molar-refractivity contribution in [3.63, 3.8) is 0 Å². The van der Waals surface area contributed by atoms with Crippen molar-refractivity contribution in [2.75, 3.05) is 13.7 Å². The molecule has 6 nitrogen and oxygen atoms in total. The molecule has 1 saturated heterocycles. The van der Waals surface area contributed by atoms with Gasteiger partial charge in [0.25, 0.3) is 0 Å². The molecule has 0 aliphatic carbocycles. The lowest BCUT2D eigenvalue weighted by Gasteiger charge is -2.27. The fraction of sp³-hybridized carbons (Fsp3) is 0.391.